The zero-order valence-corrected chi connectivity index (χ0v) is 13.6. The monoisotopic (exact) mass is 329 g/mol. The molecule has 1 heterocycles. The minimum Gasteiger partial charge on any atom is -0.480 e. The number of likely N-dealkylation sites (tertiary alicyclic amines) is 1. The molecule has 0 aromatic carbocycles. The minimum atomic E-state index is -1.01. The second kappa shape index (κ2) is 10.2. The molecule has 0 bridgehead atoms. The van der Waals surface area contributed by atoms with Crippen molar-refractivity contribution in [2.24, 2.45) is 5.73 Å². The standard InChI is InChI=1S/C15H27N3O5/c1-11(19)10-18-8-5-12(6-9-18)23-15(22)17-7-3-2-4-13(16)14(20)21/h12-13H,2-10,16H2,1H3,(H,17,22)(H,20,21)/t13-/m1/s1. The molecule has 23 heavy (non-hydrogen) atoms. The minimum absolute atomic E-state index is 0.112. The Labute approximate surface area is 136 Å². The SMILES string of the molecule is CC(=O)CN1CCC(OC(=O)NCCCC[C@@H](N)C(=O)O)CC1. The van der Waals surface area contributed by atoms with Crippen LogP contribution in [0.4, 0.5) is 4.79 Å². The lowest BCUT2D eigenvalue weighted by Crippen LogP contribution is -2.41. The van der Waals surface area contributed by atoms with E-state index in [1.165, 1.54) is 0 Å². The summed E-state index contributed by atoms with van der Waals surface area (Å²) >= 11 is 0. The third kappa shape index (κ3) is 8.51. The number of carbonyl (C=O) groups excluding carboxylic acids is 2. The van der Waals surface area contributed by atoms with Gasteiger partial charge in [-0.2, -0.15) is 0 Å². The molecule has 1 fully saturated rings. The van der Waals surface area contributed by atoms with Gasteiger partial charge in [0, 0.05) is 19.6 Å². The number of nitrogens with zero attached hydrogens (tertiary/aromatic N) is 1. The number of nitrogens with one attached hydrogen (secondary N) is 1. The molecule has 8 heteroatoms. The average Bonchev–Trinajstić information content (AvgIpc) is 2.48. The van der Waals surface area contributed by atoms with Gasteiger partial charge in [-0.1, -0.05) is 0 Å². The summed E-state index contributed by atoms with van der Waals surface area (Å²) in [5.74, 6) is -0.863. The number of carboxylic acid groups (broad SMARTS) is 1. The van der Waals surface area contributed by atoms with Crippen LogP contribution in [0.3, 0.4) is 0 Å². The van der Waals surface area contributed by atoms with E-state index in [1.54, 1.807) is 6.92 Å². The van der Waals surface area contributed by atoms with Crippen LogP contribution in [0.25, 0.3) is 0 Å². The molecule has 1 aliphatic heterocycles. The number of ether oxygens (including phenoxy) is 1. The van der Waals surface area contributed by atoms with Crippen molar-refractivity contribution in [3.05, 3.63) is 0 Å². The topological polar surface area (TPSA) is 122 Å². The molecule has 8 nitrogen and oxygen atoms in total. The lowest BCUT2D eigenvalue weighted by atomic mass is 10.1. The first-order valence-electron chi connectivity index (χ1n) is 8.03. The van der Waals surface area contributed by atoms with Crippen LogP contribution < -0.4 is 11.1 Å². The highest BCUT2D eigenvalue weighted by atomic mass is 16.6. The quantitative estimate of drug-likeness (QED) is 0.522. The number of carboxylic acids is 1. The number of hydrogen-bond acceptors (Lipinski definition) is 6. The number of unbranched alkanes of at least 4 members (excludes halogenated alkanes) is 1. The molecule has 0 spiro atoms. The fourth-order valence-electron chi connectivity index (χ4n) is 2.50. The number of alkyl carbamates (subject to hydrolysis) is 1. The highest BCUT2D eigenvalue weighted by Gasteiger charge is 2.22. The van der Waals surface area contributed by atoms with Gasteiger partial charge >= 0.3 is 12.1 Å². The molecule has 0 saturated carbocycles. The van der Waals surface area contributed by atoms with Crippen LogP contribution in [0.5, 0.6) is 0 Å². The Balaban J connectivity index is 2.06. The van der Waals surface area contributed by atoms with Crippen LogP contribution in [0.1, 0.15) is 39.0 Å². The highest BCUT2D eigenvalue weighted by Crippen LogP contribution is 2.13. The summed E-state index contributed by atoms with van der Waals surface area (Å²) in [6, 6.07) is -0.845. The van der Waals surface area contributed by atoms with E-state index in [9.17, 15) is 14.4 Å². The van der Waals surface area contributed by atoms with Crippen molar-refractivity contribution < 1.29 is 24.2 Å². The summed E-state index contributed by atoms with van der Waals surface area (Å²) in [6.45, 7) is 3.97. The van der Waals surface area contributed by atoms with E-state index in [2.05, 4.69) is 10.2 Å². The lowest BCUT2D eigenvalue weighted by molar-refractivity contribution is -0.138. The van der Waals surface area contributed by atoms with Gasteiger partial charge in [0.2, 0.25) is 0 Å². The maximum absolute atomic E-state index is 11.7. The van der Waals surface area contributed by atoms with Crippen molar-refractivity contribution in [2.75, 3.05) is 26.2 Å². The van der Waals surface area contributed by atoms with Crippen LogP contribution in [-0.2, 0) is 14.3 Å². The highest BCUT2D eigenvalue weighted by molar-refractivity contribution is 5.77. The van der Waals surface area contributed by atoms with Gasteiger partial charge in [-0.3, -0.25) is 14.5 Å². The van der Waals surface area contributed by atoms with E-state index in [1.807, 2.05) is 0 Å². The molecular weight excluding hydrogens is 302 g/mol. The van der Waals surface area contributed by atoms with E-state index in [0.717, 1.165) is 25.9 Å². The summed E-state index contributed by atoms with van der Waals surface area (Å²) in [4.78, 5) is 35.3. The molecule has 1 saturated heterocycles. The van der Waals surface area contributed by atoms with Gasteiger partial charge in [0.1, 0.15) is 17.9 Å². The zero-order valence-electron chi connectivity index (χ0n) is 13.6. The zero-order chi connectivity index (χ0) is 17.2. The molecular formula is C15H27N3O5. The van der Waals surface area contributed by atoms with Gasteiger partial charge in [-0.25, -0.2) is 4.79 Å². The van der Waals surface area contributed by atoms with E-state index in [0.29, 0.717) is 32.4 Å². The fraction of sp³-hybridized carbons (Fsp3) is 0.800. The molecule has 1 rings (SSSR count). The van der Waals surface area contributed by atoms with Crippen molar-refractivity contribution in [1.82, 2.24) is 10.2 Å². The molecule has 0 aliphatic carbocycles. The van der Waals surface area contributed by atoms with Gasteiger partial charge in [0.05, 0.1) is 6.54 Å². The smallest absolute Gasteiger partial charge is 0.407 e. The number of Topliss-reactive ketones (excluding diaryl/α,β-unsaturated/α-hetero) is 1. The number of amides is 1. The predicted octanol–water partition coefficient (Wildman–Crippen LogP) is 0.348. The first kappa shape index (κ1) is 19.4. The Morgan fingerprint density at radius 3 is 2.52 bits per heavy atom. The second-order valence-electron chi connectivity index (χ2n) is 5.95. The van der Waals surface area contributed by atoms with Crippen molar-refractivity contribution in [3.8, 4) is 0 Å². The summed E-state index contributed by atoms with van der Waals surface area (Å²) < 4.78 is 5.33. The molecule has 0 aromatic heterocycles. The molecule has 132 valence electrons. The molecule has 0 radical (unpaired) electrons. The summed E-state index contributed by atoms with van der Waals surface area (Å²) in [6.07, 6.45) is 2.59. The maximum atomic E-state index is 11.7. The largest absolute Gasteiger partial charge is 0.480 e. The number of hydrogen-bond donors (Lipinski definition) is 3. The van der Waals surface area contributed by atoms with Gasteiger partial charge in [-0.15, -0.1) is 0 Å². The first-order valence-corrected chi connectivity index (χ1v) is 8.03. The van der Waals surface area contributed by atoms with Crippen molar-refractivity contribution >= 4 is 17.8 Å². The van der Waals surface area contributed by atoms with Crippen LogP contribution in [0, 0.1) is 0 Å². The molecule has 0 aromatic rings. The number of ketones is 1. The summed E-state index contributed by atoms with van der Waals surface area (Å²) in [7, 11) is 0. The molecule has 1 amide bonds. The predicted molar refractivity (Wildman–Crippen MR) is 84.1 cm³/mol. The maximum Gasteiger partial charge on any atom is 0.407 e. The van der Waals surface area contributed by atoms with Crippen LogP contribution in [-0.4, -0.2) is 66.2 Å². The Morgan fingerprint density at radius 1 is 1.30 bits per heavy atom. The van der Waals surface area contributed by atoms with Crippen LogP contribution in [0.2, 0.25) is 0 Å². The third-order valence-corrected chi connectivity index (χ3v) is 3.78. The molecule has 1 atom stereocenters. The number of piperidine rings is 1. The first-order chi connectivity index (χ1) is 10.9. The normalized spacial score (nSPS) is 17.5. The molecule has 4 N–H and O–H groups in total. The number of carbonyl (C=O) groups is 3. The Kier molecular flexibility index (Phi) is 8.57. The Hall–Kier alpha value is -1.67. The van der Waals surface area contributed by atoms with Crippen LogP contribution in [0.15, 0.2) is 0 Å². The molecule has 1 aliphatic rings. The molecule has 0 unspecified atom stereocenters. The number of rotatable bonds is 9. The van der Waals surface area contributed by atoms with Gasteiger partial charge < -0.3 is 20.9 Å². The van der Waals surface area contributed by atoms with Gasteiger partial charge in [0.15, 0.2) is 0 Å². The number of aliphatic carboxylic acids is 1. The summed E-state index contributed by atoms with van der Waals surface area (Å²) in [5.41, 5.74) is 5.39. The lowest BCUT2D eigenvalue weighted by Gasteiger charge is -2.30. The second-order valence-corrected chi connectivity index (χ2v) is 5.95. The van der Waals surface area contributed by atoms with Crippen molar-refractivity contribution in [1.29, 1.82) is 0 Å². The van der Waals surface area contributed by atoms with E-state index < -0.39 is 18.1 Å². The average molecular weight is 329 g/mol. The van der Waals surface area contributed by atoms with Crippen molar-refractivity contribution in [2.45, 2.75) is 51.2 Å². The van der Waals surface area contributed by atoms with Gasteiger partial charge in [-0.05, 0) is 39.0 Å². The van der Waals surface area contributed by atoms with E-state index in [4.69, 9.17) is 15.6 Å². The Bertz CT molecular complexity index is 408. The van der Waals surface area contributed by atoms with E-state index >= 15 is 0 Å². The number of nitrogens with two attached hydrogens (primary N) is 1. The third-order valence-electron chi connectivity index (χ3n) is 3.78. The van der Waals surface area contributed by atoms with Crippen molar-refractivity contribution in [3.63, 3.8) is 0 Å². The Morgan fingerprint density at radius 2 is 1.96 bits per heavy atom. The van der Waals surface area contributed by atoms with Crippen LogP contribution >= 0.6 is 0 Å². The van der Waals surface area contributed by atoms with Gasteiger partial charge in [0.25, 0.3) is 0 Å². The summed E-state index contributed by atoms with van der Waals surface area (Å²) in [5, 5.41) is 11.3. The van der Waals surface area contributed by atoms with E-state index in [-0.39, 0.29) is 11.9 Å². The fourth-order valence-corrected chi connectivity index (χ4v) is 2.50.